The number of benzene rings is 1. The van der Waals surface area contributed by atoms with Crippen LogP contribution in [0, 0.1) is 6.92 Å². The van der Waals surface area contributed by atoms with Crippen molar-refractivity contribution in [2.75, 3.05) is 20.1 Å². The molecule has 1 fully saturated rings. The van der Waals surface area contributed by atoms with E-state index in [1.165, 1.54) is 5.56 Å². The number of hydrogen-bond donors (Lipinski definition) is 2. The largest absolute Gasteiger partial charge is 0.387 e. The van der Waals surface area contributed by atoms with E-state index in [-0.39, 0.29) is 5.91 Å². The summed E-state index contributed by atoms with van der Waals surface area (Å²) in [5.74, 6) is 0.0427. The maximum absolute atomic E-state index is 11.6. The van der Waals surface area contributed by atoms with Gasteiger partial charge in [0.15, 0.2) is 0 Å². The van der Waals surface area contributed by atoms with Gasteiger partial charge in [0.1, 0.15) is 0 Å². The molecule has 1 amide bonds. The maximum Gasteiger partial charge on any atom is 0.234 e. The third-order valence-electron chi connectivity index (χ3n) is 3.30. The lowest BCUT2D eigenvalue weighted by atomic mass is 10.1. The van der Waals surface area contributed by atoms with Crippen molar-refractivity contribution in [1.29, 1.82) is 0 Å². The van der Waals surface area contributed by atoms with Crippen molar-refractivity contribution in [2.45, 2.75) is 31.9 Å². The van der Waals surface area contributed by atoms with Gasteiger partial charge in [-0.15, -0.1) is 0 Å². The Bertz CT molecular complexity index is 426. The smallest absolute Gasteiger partial charge is 0.234 e. The van der Waals surface area contributed by atoms with Crippen LogP contribution in [0.1, 0.15) is 30.1 Å². The fourth-order valence-electron chi connectivity index (χ4n) is 2.00. The second-order valence-electron chi connectivity index (χ2n) is 5.47. The molecule has 1 aliphatic carbocycles. The summed E-state index contributed by atoms with van der Waals surface area (Å²) >= 11 is 0. The molecule has 1 aliphatic rings. The summed E-state index contributed by atoms with van der Waals surface area (Å²) in [6.07, 6.45) is 1.64. The van der Waals surface area contributed by atoms with Gasteiger partial charge in [-0.05, 0) is 32.4 Å². The van der Waals surface area contributed by atoms with Gasteiger partial charge in [-0.2, -0.15) is 0 Å². The second-order valence-corrected chi connectivity index (χ2v) is 5.47. The van der Waals surface area contributed by atoms with Crippen LogP contribution in [0.3, 0.4) is 0 Å². The minimum atomic E-state index is -0.556. The number of amides is 1. The van der Waals surface area contributed by atoms with Gasteiger partial charge in [-0.3, -0.25) is 9.69 Å². The summed E-state index contributed by atoms with van der Waals surface area (Å²) in [6.45, 7) is 2.81. The van der Waals surface area contributed by atoms with E-state index in [9.17, 15) is 9.90 Å². The van der Waals surface area contributed by atoms with E-state index in [1.54, 1.807) is 0 Å². The number of carbonyl (C=O) groups excluding carboxylic acids is 1. The Morgan fingerprint density at radius 2 is 2.05 bits per heavy atom. The molecule has 0 radical (unpaired) electrons. The quantitative estimate of drug-likeness (QED) is 0.811. The third kappa shape index (κ3) is 4.65. The molecule has 1 saturated carbocycles. The zero-order valence-electron chi connectivity index (χ0n) is 11.6. The molecule has 1 aromatic rings. The van der Waals surface area contributed by atoms with E-state index in [2.05, 4.69) is 5.32 Å². The average molecular weight is 262 g/mol. The van der Waals surface area contributed by atoms with Crippen LogP contribution in [-0.2, 0) is 4.79 Å². The molecule has 4 heteroatoms. The van der Waals surface area contributed by atoms with Crippen LogP contribution in [-0.4, -0.2) is 42.1 Å². The molecule has 1 aromatic carbocycles. The molecule has 19 heavy (non-hydrogen) atoms. The predicted molar refractivity (Wildman–Crippen MR) is 74.8 cm³/mol. The standard InChI is InChI=1S/C15H22N2O2/c1-11-3-5-12(6-4-11)14(18)9-17(2)10-15(19)16-13-7-8-13/h3-6,13-14,18H,7-10H2,1-2H3,(H,16,19). The van der Waals surface area contributed by atoms with Gasteiger partial charge in [0.05, 0.1) is 12.6 Å². The Hall–Kier alpha value is -1.39. The highest BCUT2D eigenvalue weighted by Gasteiger charge is 2.23. The van der Waals surface area contributed by atoms with Crippen molar-refractivity contribution in [3.8, 4) is 0 Å². The van der Waals surface area contributed by atoms with Crippen molar-refractivity contribution in [1.82, 2.24) is 10.2 Å². The lowest BCUT2D eigenvalue weighted by Gasteiger charge is -2.20. The molecule has 0 aromatic heterocycles. The van der Waals surface area contributed by atoms with Gasteiger partial charge in [0.2, 0.25) is 5.91 Å². The first-order valence-corrected chi connectivity index (χ1v) is 6.77. The van der Waals surface area contributed by atoms with Gasteiger partial charge in [0.25, 0.3) is 0 Å². The Balaban J connectivity index is 1.78. The van der Waals surface area contributed by atoms with E-state index in [1.807, 2.05) is 43.1 Å². The average Bonchev–Trinajstić information content (AvgIpc) is 3.13. The van der Waals surface area contributed by atoms with Gasteiger partial charge >= 0.3 is 0 Å². The zero-order chi connectivity index (χ0) is 13.8. The molecule has 0 heterocycles. The molecule has 2 N–H and O–H groups in total. The van der Waals surface area contributed by atoms with Crippen molar-refractivity contribution in [3.05, 3.63) is 35.4 Å². The number of likely N-dealkylation sites (N-methyl/N-ethyl adjacent to an activating group) is 1. The highest BCUT2D eigenvalue weighted by atomic mass is 16.3. The monoisotopic (exact) mass is 262 g/mol. The van der Waals surface area contributed by atoms with Crippen molar-refractivity contribution < 1.29 is 9.90 Å². The van der Waals surface area contributed by atoms with Gasteiger partial charge in [-0.25, -0.2) is 0 Å². The minimum Gasteiger partial charge on any atom is -0.387 e. The molecule has 0 aliphatic heterocycles. The molecular weight excluding hydrogens is 240 g/mol. The summed E-state index contributed by atoms with van der Waals surface area (Å²) in [5.41, 5.74) is 2.06. The van der Waals surface area contributed by atoms with E-state index in [0.29, 0.717) is 19.1 Å². The fraction of sp³-hybridized carbons (Fsp3) is 0.533. The number of nitrogens with zero attached hydrogens (tertiary/aromatic N) is 1. The molecule has 0 bridgehead atoms. The number of aliphatic hydroxyl groups excluding tert-OH is 1. The van der Waals surface area contributed by atoms with E-state index < -0.39 is 6.10 Å². The zero-order valence-corrected chi connectivity index (χ0v) is 11.6. The highest BCUT2D eigenvalue weighted by molar-refractivity contribution is 5.78. The number of aliphatic hydroxyl groups is 1. The first-order valence-electron chi connectivity index (χ1n) is 6.77. The summed E-state index contributed by atoms with van der Waals surface area (Å²) in [5, 5.41) is 13.1. The topological polar surface area (TPSA) is 52.6 Å². The molecule has 0 saturated heterocycles. The Kier molecular flexibility index (Phi) is 4.56. The minimum absolute atomic E-state index is 0.0427. The number of nitrogens with one attached hydrogen (secondary N) is 1. The Morgan fingerprint density at radius 1 is 1.42 bits per heavy atom. The first kappa shape index (κ1) is 14.0. The lowest BCUT2D eigenvalue weighted by molar-refractivity contribution is -0.122. The molecule has 2 rings (SSSR count). The SMILES string of the molecule is Cc1ccc(C(O)CN(C)CC(=O)NC2CC2)cc1. The van der Waals surface area contributed by atoms with Crippen molar-refractivity contribution in [2.24, 2.45) is 0 Å². The molecule has 0 spiro atoms. The molecule has 1 unspecified atom stereocenters. The summed E-state index contributed by atoms with van der Waals surface area (Å²) in [7, 11) is 1.85. The van der Waals surface area contributed by atoms with Crippen molar-refractivity contribution in [3.63, 3.8) is 0 Å². The first-order chi connectivity index (χ1) is 9.04. The van der Waals surface area contributed by atoms with Gasteiger partial charge < -0.3 is 10.4 Å². The van der Waals surface area contributed by atoms with Gasteiger partial charge in [-0.1, -0.05) is 29.8 Å². The number of carbonyl (C=O) groups is 1. The number of hydrogen-bond acceptors (Lipinski definition) is 3. The van der Waals surface area contributed by atoms with Crippen LogP contribution < -0.4 is 5.32 Å². The van der Waals surface area contributed by atoms with E-state index in [0.717, 1.165) is 18.4 Å². The van der Waals surface area contributed by atoms with Crippen LogP contribution in [0.4, 0.5) is 0 Å². The van der Waals surface area contributed by atoms with Crippen molar-refractivity contribution >= 4 is 5.91 Å². The van der Waals surface area contributed by atoms with E-state index in [4.69, 9.17) is 0 Å². The van der Waals surface area contributed by atoms with Crippen LogP contribution in [0.25, 0.3) is 0 Å². The maximum atomic E-state index is 11.6. The van der Waals surface area contributed by atoms with Crippen LogP contribution in [0.15, 0.2) is 24.3 Å². The van der Waals surface area contributed by atoms with Crippen LogP contribution in [0.5, 0.6) is 0 Å². The number of aryl methyl sites for hydroxylation is 1. The molecular formula is C15H22N2O2. The summed E-state index contributed by atoms with van der Waals surface area (Å²) in [4.78, 5) is 13.5. The van der Waals surface area contributed by atoms with Gasteiger partial charge in [0, 0.05) is 12.6 Å². The normalized spacial score (nSPS) is 16.4. The molecule has 1 atom stereocenters. The second kappa shape index (κ2) is 6.17. The Labute approximate surface area is 114 Å². The Morgan fingerprint density at radius 3 is 2.63 bits per heavy atom. The number of rotatable bonds is 6. The van der Waals surface area contributed by atoms with Crippen LogP contribution in [0.2, 0.25) is 0 Å². The van der Waals surface area contributed by atoms with E-state index >= 15 is 0 Å². The third-order valence-corrected chi connectivity index (χ3v) is 3.30. The lowest BCUT2D eigenvalue weighted by Crippen LogP contribution is -2.37. The van der Waals surface area contributed by atoms with Crippen LogP contribution >= 0.6 is 0 Å². The summed E-state index contributed by atoms with van der Waals surface area (Å²) in [6, 6.07) is 8.22. The highest BCUT2D eigenvalue weighted by Crippen LogP contribution is 2.18. The predicted octanol–water partition coefficient (Wildman–Crippen LogP) is 1.24. The summed E-state index contributed by atoms with van der Waals surface area (Å²) < 4.78 is 0. The molecule has 4 nitrogen and oxygen atoms in total. The molecule has 104 valence electrons. The fourth-order valence-corrected chi connectivity index (χ4v) is 2.00.